The smallest absolute Gasteiger partial charge is 0.359 e. The van der Waals surface area contributed by atoms with Crippen LogP contribution >= 0.6 is 23.2 Å². The average molecular weight is 314 g/mol. The molecule has 0 radical (unpaired) electrons. The summed E-state index contributed by atoms with van der Waals surface area (Å²) in [7, 11) is 0. The minimum absolute atomic E-state index is 0.190. The van der Waals surface area contributed by atoms with Crippen LogP contribution in [0, 0.1) is 6.92 Å². The van der Waals surface area contributed by atoms with Crippen molar-refractivity contribution < 1.29 is 9.53 Å². The summed E-state index contributed by atoms with van der Waals surface area (Å²) in [5.74, 6) is -0.151. The molecule has 1 aromatic heterocycles. The summed E-state index contributed by atoms with van der Waals surface area (Å²) in [6, 6.07) is 4.98. The van der Waals surface area contributed by atoms with E-state index in [1.54, 1.807) is 32.0 Å². The van der Waals surface area contributed by atoms with Gasteiger partial charge in [-0.25, -0.2) is 9.48 Å². The lowest BCUT2D eigenvalue weighted by atomic mass is 10.2. The minimum atomic E-state index is -0.504. The number of hydrogen-bond acceptors (Lipinski definition) is 4. The lowest BCUT2D eigenvalue weighted by Crippen LogP contribution is -2.07. The molecule has 2 N–H and O–H groups in total. The largest absolute Gasteiger partial charge is 0.461 e. The number of esters is 1. The van der Waals surface area contributed by atoms with Crippen molar-refractivity contribution in [3.63, 3.8) is 0 Å². The second-order valence-corrected chi connectivity index (χ2v) is 4.90. The summed E-state index contributed by atoms with van der Waals surface area (Å²) >= 11 is 11.8. The van der Waals surface area contributed by atoms with E-state index in [-0.39, 0.29) is 12.3 Å². The molecule has 0 amide bonds. The SMILES string of the molecule is CCOC(=O)c1nn(-c2ccc(Cl)c(Cl)c2)c(N)c1C. The highest BCUT2D eigenvalue weighted by Gasteiger charge is 2.20. The van der Waals surface area contributed by atoms with E-state index in [1.165, 1.54) is 4.68 Å². The molecule has 2 rings (SSSR count). The highest BCUT2D eigenvalue weighted by Crippen LogP contribution is 2.27. The van der Waals surface area contributed by atoms with Gasteiger partial charge in [-0.1, -0.05) is 23.2 Å². The van der Waals surface area contributed by atoms with E-state index >= 15 is 0 Å². The molecule has 0 atom stereocenters. The van der Waals surface area contributed by atoms with Gasteiger partial charge in [0.1, 0.15) is 5.82 Å². The number of halogens is 2. The number of benzene rings is 1. The van der Waals surface area contributed by atoms with Gasteiger partial charge in [0.2, 0.25) is 0 Å². The molecule has 1 heterocycles. The molecule has 0 spiro atoms. The van der Waals surface area contributed by atoms with Gasteiger partial charge in [-0.2, -0.15) is 5.10 Å². The zero-order valence-corrected chi connectivity index (χ0v) is 12.5. The van der Waals surface area contributed by atoms with Crippen LogP contribution in [0.15, 0.2) is 18.2 Å². The second kappa shape index (κ2) is 5.73. The van der Waals surface area contributed by atoms with E-state index in [1.807, 2.05) is 0 Å². The van der Waals surface area contributed by atoms with Gasteiger partial charge in [-0.05, 0) is 32.0 Å². The Morgan fingerprint density at radius 1 is 1.40 bits per heavy atom. The summed E-state index contributed by atoms with van der Waals surface area (Å²) in [6.45, 7) is 3.72. The quantitative estimate of drug-likeness (QED) is 0.883. The third kappa shape index (κ3) is 2.59. The van der Waals surface area contributed by atoms with Gasteiger partial charge in [0.25, 0.3) is 0 Å². The monoisotopic (exact) mass is 313 g/mol. The first kappa shape index (κ1) is 14.7. The summed E-state index contributed by atoms with van der Waals surface area (Å²) in [6.07, 6.45) is 0. The Labute approximate surface area is 126 Å². The highest BCUT2D eigenvalue weighted by molar-refractivity contribution is 6.42. The van der Waals surface area contributed by atoms with Crippen molar-refractivity contribution in [1.29, 1.82) is 0 Å². The van der Waals surface area contributed by atoms with Gasteiger partial charge in [0.15, 0.2) is 5.69 Å². The zero-order chi connectivity index (χ0) is 14.9. The number of carbonyl (C=O) groups excluding carboxylic acids is 1. The third-order valence-corrected chi connectivity index (χ3v) is 3.52. The van der Waals surface area contributed by atoms with Crippen LogP contribution < -0.4 is 5.73 Å². The number of hydrogen-bond donors (Lipinski definition) is 1. The maximum Gasteiger partial charge on any atom is 0.359 e. The fraction of sp³-hybridized carbons (Fsp3) is 0.231. The molecule has 0 saturated heterocycles. The highest BCUT2D eigenvalue weighted by atomic mass is 35.5. The van der Waals surface area contributed by atoms with E-state index in [0.29, 0.717) is 27.1 Å². The Balaban J connectivity index is 2.50. The van der Waals surface area contributed by atoms with E-state index in [4.69, 9.17) is 33.7 Å². The molecule has 0 fully saturated rings. The van der Waals surface area contributed by atoms with Crippen LogP contribution in [-0.2, 0) is 4.74 Å². The Hall–Kier alpha value is -1.72. The number of nitrogens with two attached hydrogens (primary N) is 1. The molecule has 0 bridgehead atoms. The molecule has 0 saturated carbocycles. The van der Waals surface area contributed by atoms with Crippen molar-refractivity contribution in [3.8, 4) is 5.69 Å². The van der Waals surface area contributed by atoms with Crippen molar-refractivity contribution in [3.05, 3.63) is 39.5 Å². The fourth-order valence-electron chi connectivity index (χ4n) is 1.72. The minimum Gasteiger partial charge on any atom is -0.461 e. The first-order valence-electron chi connectivity index (χ1n) is 5.93. The van der Waals surface area contributed by atoms with Gasteiger partial charge in [-0.3, -0.25) is 0 Å². The van der Waals surface area contributed by atoms with Crippen molar-refractivity contribution >= 4 is 35.0 Å². The lowest BCUT2D eigenvalue weighted by Gasteiger charge is -2.05. The summed E-state index contributed by atoms with van der Waals surface area (Å²) in [4.78, 5) is 11.8. The van der Waals surface area contributed by atoms with Gasteiger partial charge < -0.3 is 10.5 Å². The summed E-state index contributed by atoms with van der Waals surface area (Å²) in [5.41, 5.74) is 7.35. The van der Waals surface area contributed by atoms with E-state index in [0.717, 1.165) is 0 Å². The molecule has 1 aromatic carbocycles. The van der Waals surface area contributed by atoms with Crippen LogP contribution in [-0.4, -0.2) is 22.4 Å². The number of carbonyl (C=O) groups is 1. The predicted molar refractivity (Wildman–Crippen MR) is 78.7 cm³/mol. The van der Waals surface area contributed by atoms with Crippen molar-refractivity contribution in [2.24, 2.45) is 0 Å². The van der Waals surface area contributed by atoms with Gasteiger partial charge in [0, 0.05) is 5.56 Å². The fourth-order valence-corrected chi connectivity index (χ4v) is 2.01. The molecule has 0 aliphatic carbocycles. The first-order chi connectivity index (χ1) is 9.45. The van der Waals surface area contributed by atoms with E-state index in [9.17, 15) is 4.79 Å². The molecular formula is C13H13Cl2N3O2. The number of ether oxygens (including phenoxy) is 1. The Kier molecular flexibility index (Phi) is 4.20. The Bertz CT molecular complexity index is 668. The summed E-state index contributed by atoms with van der Waals surface area (Å²) in [5, 5.41) is 5.00. The van der Waals surface area contributed by atoms with Gasteiger partial charge in [-0.15, -0.1) is 0 Å². The molecule has 0 unspecified atom stereocenters. The molecule has 5 nitrogen and oxygen atoms in total. The van der Waals surface area contributed by atoms with E-state index < -0.39 is 5.97 Å². The van der Waals surface area contributed by atoms with Gasteiger partial charge in [0.05, 0.1) is 22.3 Å². The number of anilines is 1. The van der Waals surface area contributed by atoms with Crippen LogP contribution in [0.1, 0.15) is 23.0 Å². The topological polar surface area (TPSA) is 70.1 Å². The van der Waals surface area contributed by atoms with E-state index in [2.05, 4.69) is 5.10 Å². The summed E-state index contributed by atoms with van der Waals surface area (Å²) < 4.78 is 6.37. The second-order valence-electron chi connectivity index (χ2n) is 4.09. The van der Waals surface area contributed by atoms with Crippen LogP contribution in [0.5, 0.6) is 0 Å². The van der Waals surface area contributed by atoms with Crippen LogP contribution in [0.2, 0.25) is 10.0 Å². The average Bonchev–Trinajstić information content (AvgIpc) is 2.70. The number of rotatable bonds is 3. The van der Waals surface area contributed by atoms with Crippen LogP contribution in [0.25, 0.3) is 5.69 Å². The van der Waals surface area contributed by atoms with Crippen molar-refractivity contribution in [2.75, 3.05) is 12.3 Å². The molecule has 2 aromatic rings. The first-order valence-corrected chi connectivity index (χ1v) is 6.69. The molecular weight excluding hydrogens is 301 g/mol. The normalized spacial score (nSPS) is 10.6. The predicted octanol–water partition coefficient (Wildman–Crippen LogP) is 3.25. The molecule has 106 valence electrons. The molecule has 0 aliphatic rings. The number of aromatic nitrogens is 2. The van der Waals surface area contributed by atoms with Crippen molar-refractivity contribution in [1.82, 2.24) is 9.78 Å². The third-order valence-electron chi connectivity index (χ3n) is 2.78. The number of nitrogen functional groups attached to an aromatic ring is 1. The Morgan fingerprint density at radius 3 is 2.70 bits per heavy atom. The van der Waals surface area contributed by atoms with Gasteiger partial charge >= 0.3 is 5.97 Å². The van der Waals surface area contributed by atoms with Crippen molar-refractivity contribution in [2.45, 2.75) is 13.8 Å². The molecule has 20 heavy (non-hydrogen) atoms. The zero-order valence-electron chi connectivity index (χ0n) is 11.0. The maximum atomic E-state index is 11.8. The molecule has 7 heteroatoms. The maximum absolute atomic E-state index is 11.8. The lowest BCUT2D eigenvalue weighted by molar-refractivity contribution is 0.0518. The number of nitrogens with zero attached hydrogens (tertiary/aromatic N) is 2. The van der Waals surface area contributed by atoms with Crippen LogP contribution in [0.4, 0.5) is 5.82 Å². The van der Waals surface area contributed by atoms with Crippen LogP contribution in [0.3, 0.4) is 0 Å². The Morgan fingerprint density at radius 2 is 2.10 bits per heavy atom. The molecule has 0 aliphatic heterocycles. The standard InChI is InChI=1S/C13H13Cl2N3O2/c1-3-20-13(19)11-7(2)12(16)18(17-11)8-4-5-9(14)10(15)6-8/h4-6H,3,16H2,1-2H3.